The molecular formula is C15H12FN3O. The maximum atomic E-state index is 12.8. The predicted molar refractivity (Wildman–Crippen MR) is 73.7 cm³/mol. The third kappa shape index (κ3) is 2.51. The first-order chi connectivity index (χ1) is 9.72. The molecule has 0 fully saturated rings. The highest BCUT2D eigenvalue weighted by molar-refractivity contribution is 5.97. The summed E-state index contributed by atoms with van der Waals surface area (Å²) >= 11 is 0. The number of aromatic amines is 1. The average Bonchev–Trinajstić information content (AvgIpc) is 2.93. The molecule has 3 aromatic rings. The van der Waals surface area contributed by atoms with E-state index in [0.717, 1.165) is 16.6 Å². The van der Waals surface area contributed by atoms with E-state index in [0.29, 0.717) is 12.1 Å². The van der Waals surface area contributed by atoms with Crippen LogP contribution in [0.3, 0.4) is 0 Å². The summed E-state index contributed by atoms with van der Waals surface area (Å²) < 4.78 is 12.8. The van der Waals surface area contributed by atoms with E-state index in [1.165, 1.54) is 12.1 Å². The summed E-state index contributed by atoms with van der Waals surface area (Å²) in [6.07, 6.45) is 1.59. The number of halogens is 1. The fraction of sp³-hybridized carbons (Fsp3) is 0.0667. The Labute approximate surface area is 114 Å². The fourth-order valence-corrected chi connectivity index (χ4v) is 1.96. The highest BCUT2D eigenvalue weighted by Gasteiger charge is 2.07. The van der Waals surface area contributed by atoms with Crippen molar-refractivity contribution in [2.24, 2.45) is 0 Å². The van der Waals surface area contributed by atoms with E-state index < -0.39 is 0 Å². The van der Waals surface area contributed by atoms with Crippen LogP contribution in [0.1, 0.15) is 15.9 Å². The zero-order chi connectivity index (χ0) is 13.9. The number of carbonyl (C=O) groups is 1. The van der Waals surface area contributed by atoms with Crippen LogP contribution in [0, 0.1) is 5.82 Å². The zero-order valence-electron chi connectivity index (χ0n) is 10.6. The Morgan fingerprint density at radius 2 is 2.00 bits per heavy atom. The Balaban J connectivity index is 1.70. The first-order valence-electron chi connectivity index (χ1n) is 6.18. The molecule has 0 saturated heterocycles. The van der Waals surface area contributed by atoms with Crippen molar-refractivity contribution < 1.29 is 9.18 Å². The van der Waals surface area contributed by atoms with Gasteiger partial charge >= 0.3 is 0 Å². The molecule has 0 radical (unpaired) electrons. The van der Waals surface area contributed by atoms with Gasteiger partial charge in [0.25, 0.3) is 5.91 Å². The van der Waals surface area contributed by atoms with E-state index in [1.54, 1.807) is 36.7 Å². The highest BCUT2D eigenvalue weighted by atomic mass is 19.1. The van der Waals surface area contributed by atoms with Crippen LogP contribution in [0.15, 0.2) is 48.8 Å². The molecule has 5 heteroatoms. The molecule has 0 aliphatic carbocycles. The van der Waals surface area contributed by atoms with Crippen molar-refractivity contribution in [1.29, 1.82) is 0 Å². The minimum atomic E-state index is -0.287. The molecule has 1 amide bonds. The molecular weight excluding hydrogens is 257 g/mol. The summed E-state index contributed by atoms with van der Waals surface area (Å²) in [6.45, 7) is 0.361. The van der Waals surface area contributed by atoms with Crippen molar-refractivity contribution in [3.8, 4) is 0 Å². The highest BCUT2D eigenvalue weighted by Crippen LogP contribution is 2.11. The quantitative estimate of drug-likeness (QED) is 0.768. The van der Waals surface area contributed by atoms with Gasteiger partial charge in [-0.1, -0.05) is 12.1 Å². The van der Waals surface area contributed by atoms with Gasteiger partial charge in [-0.05, 0) is 35.9 Å². The lowest BCUT2D eigenvalue weighted by molar-refractivity contribution is 0.0951. The second kappa shape index (κ2) is 5.13. The molecule has 1 aromatic heterocycles. The van der Waals surface area contributed by atoms with Gasteiger partial charge in [0.1, 0.15) is 5.82 Å². The van der Waals surface area contributed by atoms with Crippen LogP contribution in [-0.4, -0.2) is 15.9 Å². The van der Waals surface area contributed by atoms with Crippen LogP contribution in [0.5, 0.6) is 0 Å². The molecule has 0 saturated carbocycles. The molecule has 0 aliphatic heterocycles. The van der Waals surface area contributed by atoms with Gasteiger partial charge in [0.05, 0.1) is 17.4 Å². The smallest absolute Gasteiger partial charge is 0.251 e. The van der Waals surface area contributed by atoms with E-state index >= 15 is 0 Å². The number of hydrogen-bond donors (Lipinski definition) is 2. The number of carbonyl (C=O) groups excluding carboxylic acids is 1. The van der Waals surface area contributed by atoms with Crippen LogP contribution >= 0.6 is 0 Å². The van der Waals surface area contributed by atoms with E-state index in [2.05, 4.69) is 15.3 Å². The van der Waals surface area contributed by atoms with Gasteiger partial charge in [0, 0.05) is 12.1 Å². The van der Waals surface area contributed by atoms with Crippen molar-refractivity contribution in [1.82, 2.24) is 15.3 Å². The number of fused-ring (bicyclic) bond motifs is 1. The Bertz CT molecular complexity index is 749. The number of H-pyrrole nitrogens is 1. The van der Waals surface area contributed by atoms with E-state index in [-0.39, 0.29) is 11.7 Å². The maximum absolute atomic E-state index is 12.8. The van der Waals surface area contributed by atoms with Crippen molar-refractivity contribution in [2.75, 3.05) is 0 Å². The number of aromatic nitrogens is 2. The molecule has 2 N–H and O–H groups in total. The minimum Gasteiger partial charge on any atom is -0.348 e. The largest absolute Gasteiger partial charge is 0.348 e. The Hall–Kier alpha value is -2.69. The second-order valence-corrected chi connectivity index (χ2v) is 4.44. The van der Waals surface area contributed by atoms with Gasteiger partial charge in [-0.2, -0.15) is 0 Å². The lowest BCUT2D eigenvalue weighted by Gasteiger charge is -2.05. The van der Waals surface area contributed by atoms with Crippen molar-refractivity contribution in [3.05, 3.63) is 65.7 Å². The molecule has 0 unspecified atom stereocenters. The van der Waals surface area contributed by atoms with Gasteiger partial charge in [-0.25, -0.2) is 9.37 Å². The summed E-state index contributed by atoms with van der Waals surface area (Å²) in [7, 11) is 0. The normalized spacial score (nSPS) is 10.7. The lowest BCUT2D eigenvalue weighted by atomic mass is 10.1. The van der Waals surface area contributed by atoms with Crippen LogP contribution in [0.4, 0.5) is 4.39 Å². The van der Waals surface area contributed by atoms with Crippen LogP contribution in [0.2, 0.25) is 0 Å². The number of hydrogen-bond acceptors (Lipinski definition) is 2. The van der Waals surface area contributed by atoms with E-state index in [1.807, 2.05) is 0 Å². The summed E-state index contributed by atoms with van der Waals surface area (Å²) in [5.41, 5.74) is 3.05. The zero-order valence-corrected chi connectivity index (χ0v) is 10.6. The molecule has 3 rings (SSSR count). The molecule has 20 heavy (non-hydrogen) atoms. The average molecular weight is 269 g/mol. The number of benzene rings is 2. The first kappa shape index (κ1) is 12.3. The summed E-state index contributed by atoms with van der Waals surface area (Å²) in [5.74, 6) is -0.462. The maximum Gasteiger partial charge on any atom is 0.251 e. The SMILES string of the molecule is O=C(NCc1ccc(F)cc1)c1ccc2nc[nH]c2c1. The van der Waals surface area contributed by atoms with Crippen LogP contribution < -0.4 is 5.32 Å². The standard InChI is InChI=1S/C15H12FN3O/c16-12-4-1-10(2-5-12)8-17-15(20)11-3-6-13-14(7-11)19-9-18-13/h1-7,9H,8H2,(H,17,20)(H,18,19). The minimum absolute atomic E-state index is 0.175. The van der Waals surface area contributed by atoms with Crippen molar-refractivity contribution in [2.45, 2.75) is 6.54 Å². The molecule has 0 aliphatic rings. The van der Waals surface area contributed by atoms with Crippen molar-refractivity contribution >= 4 is 16.9 Å². The molecule has 100 valence electrons. The second-order valence-electron chi connectivity index (χ2n) is 4.44. The number of rotatable bonds is 3. The van der Waals surface area contributed by atoms with Gasteiger partial charge in [0.2, 0.25) is 0 Å². The fourth-order valence-electron chi connectivity index (χ4n) is 1.96. The van der Waals surface area contributed by atoms with E-state index in [9.17, 15) is 9.18 Å². The Morgan fingerprint density at radius 3 is 2.80 bits per heavy atom. The van der Waals surface area contributed by atoms with Gasteiger partial charge < -0.3 is 10.3 Å². The topological polar surface area (TPSA) is 57.8 Å². The Morgan fingerprint density at radius 1 is 1.20 bits per heavy atom. The lowest BCUT2D eigenvalue weighted by Crippen LogP contribution is -2.22. The van der Waals surface area contributed by atoms with E-state index in [4.69, 9.17) is 0 Å². The predicted octanol–water partition coefficient (Wildman–Crippen LogP) is 2.63. The number of amides is 1. The molecule has 4 nitrogen and oxygen atoms in total. The van der Waals surface area contributed by atoms with Gasteiger partial charge in [-0.15, -0.1) is 0 Å². The molecule has 0 atom stereocenters. The molecule has 1 heterocycles. The number of nitrogens with zero attached hydrogens (tertiary/aromatic N) is 1. The third-order valence-corrected chi connectivity index (χ3v) is 3.05. The number of nitrogens with one attached hydrogen (secondary N) is 2. The summed E-state index contributed by atoms with van der Waals surface area (Å²) in [4.78, 5) is 19.1. The van der Waals surface area contributed by atoms with Gasteiger partial charge in [0.15, 0.2) is 0 Å². The number of imidazole rings is 1. The Kier molecular flexibility index (Phi) is 3.16. The molecule has 0 spiro atoms. The summed E-state index contributed by atoms with van der Waals surface area (Å²) in [5, 5.41) is 2.80. The first-order valence-corrected chi connectivity index (χ1v) is 6.18. The summed E-state index contributed by atoms with van der Waals surface area (Å²) in [6, 6.07) is 11.3. The molecule has 0 bridgehead atoms. The molecule has 2 aromatic carbocycles. The van der Waals surface area contributed by atoms with Crippen molar-refractivity contribution in [3.63, 3.8) is 0 Å². The van der Waals surface area contributed by atoms with Crippen LogP contribution in [0.25, 0.3) is 11.0 Å². The van der Waals surface area contributed by atoms with Crippen LogP contribution in [-0.2, 0) is 6.54 Å². The van der Waals surface area contributed by atoms with Gasteiger partial charge in [-0.3, -0.25) is 4.79 Å². The third-order valence-electron chi connectivity index (χ3n) is 3.05. The monoisotopic (exact) mass is 269 g/mol.